The monoisotopic (exact) mass is 891 g/mol. The molecule has 14 heteroatoms. The predicted molar refractivity (Wildman–Crippen MR) is 252 cm³/mol. The maximum absolute atomic E-state index is 6.43. The smallest absolute Gasteiger partial charge is 0.162 e. The van der Waals surface area contributed by atoms with E-state index in [-0.39, 0.29) is 12.1 Å². The number of fused-ring (bicyclic) bond motifs is 2. The summed E-state index contributed by atoms with van der Waals surface area (Å²) < 4.78 is 2.99. The summed E-state index contributed by atoms with van der Waals surface area (Å²) in [6.07, 6.45) is 8.60. The van der Waals surface area contributed by atoms with Crippen LogP contribution >= 0.6 is 38.6 Å². The highest BCUT2D eigenvalue weighted by Gasteiger charge is 2.17. The van der Waals surface area contributed by atoms with E-state index < -0.39 is 0 Å². The van der Waals surface area contributed by atoms with Gasteiger partial charge in [0.2, 0.25) is 0 Å². The summed E-state index contributed by atoms with van der Waals surface area (Å²) >= 11 is 6.82. The zero-order chi connectivity index (χ0) is 41.1. The van der Waals surface area contributed by atoms with Crippen LogP contribution in [-0.4, -0.2) is 55.1 Å². The normalized spacial score (nSPS) is 12.1. The molecule has 6 heterocycles. The summed E-state index contributed by atoms with van der Waals surface area (Å²) in [4.78, 5) is 27.4. The molecule has 0 amide bonds. The van der Waals surface area contributed by atoms with Gasteiger partial charge in [-0.1, -0.05) is 78.9 Å². The van der Waals surface area contributed by atoms with Gasteiger partial charge < -0.3 is 27.4 Å². The van der Waals surface area contributed by atoms with Gasteiger partial charge >= 0.3 is 0 Å². The predicted octanol–water partition coefficient (Wildman–Crippen LogP) is 9.98. The maximum Gasteiger partial charge on any atom is 0.162 e. The van der Waals surface area contributed by atoms with Gasteiger partial charge in [-0.05, 0) is 76.3 Å². The molecule has 2 atom stereocenters. The first kappa shape index (κ1) is 40.6. The molecule has 0 radical (unpaired) electrons. The number of nitrogens with zero attached hydrogens (tertiary/aromatic N) is 6. The van der Waals surface area contributed by atoms with Crippen LogP contribution in [0.25, 0.3) is 43.2 Å². The topological polar surface area (TPSA) is 165 Å². The highest BCUT2D eigenvalue weighted by Crippen LogP contribution is 2.37. The van der Waals surface area contributed by atoms with Crippen LogP contribution in [0.2, 0.25) is 0 Å². The van der Waals surface area contributed by atoms with E-state index in [1.165, 1.54) is 11.1 Å². The molecule has 0 saturated carbocycles. The molecule has 9 aromatic rings. The lowest BCUT2D eigenvalue weighted by Crippen LogP contribution is -2.31. The highest BCUT2D eigenvalue weighted by molar-refractivity contribution is 9.10. The van der Waals surface area contributed by atoms with Crippen LogP contribution in [0.3, 0.4) is 0 Å². The van der Waals surface area contributed by atoms with Crippen LogP contribution in [0.15, 0.2) is 155 Å². The summed E-state index contributed by atoms with van der Waals surface area (Å²) in [5.74, 6) is 2.93. The van der Waals surface area contributed by atoms with Crippen molar-refractivity contribution in [1.29, 1.82) is 0 Å². The first-order chi connectivity index (χ1) is 29.5. The number of halogens is 1. The minimum atomic E-state index is -0.0383. The molecule has 9 rings (SSSR count). The Balaban J connectivity index is 0.000000170. The maximum atomic E-state index is 6.43. The molecule has 3 aromatic carbocycles. The fourth-order valence-electron chi connectivity index (χ4n) is 6.51. The lowest BCUT2D eigenvalue weighted by atomic mass is 10.1. The van der Waals surface area contributed by atoms with Gasteiger partial charge in [0.15, 0.2) is 11.6 Å². The lowest BCUT2D eigenvalue weighted by Gasteiger charge is -2.15. The Labute approximate surface area is 364 Å². The van der Waals surface area contributed by atoms with E-state index in [9.17, 15) is 0 Å². The molecule has 6 aromatic heterocycles. The average Bonchev–Trinajstić information content (AvgIpc) is 3.89. The first-order valence-corrected chi connectivity index (χ1v) is 22.0. The summed E-state index contributed by atoms with van der Waals surface area (Å²) in [6, 6.07) is 38.3. The Morgan fingerprint density at radius 1 is 0.533 bits per heavy atom. The van der Waals surface area contributed by atoms with Crippen molar-refractivity contribution in [2.75, 3.05) is 29.0 Å². The number of hydrogen-bond donors (Lipinski definition) is 5. The van der Waals surface area contributed by atoms with Crippen molar-refractivity contribution in [2.45, 2.75) is 24.9 Å². The Hall–Kier alpha value is -6.16. The first-order valence-electron chi connectivity index (χ1n) is 19.4. The zero-order valence-corrected chi connectivity index (χ0v) is 35.7. The molecule has 0 aliphatic heterocycles. The van der Waals surface area contributed by atoms with Crippen LogP contribution in [0.4, 0.5) is 23.0 Å². The van der Waals surface area contributed by atoms with Gasteiger partial charge in [0.05, 0.1) is 19.6 Å². The largest absolute Gasteiger partial charge is 0.367 e. The lowest BCUT2D eigenvalue weighted by molar-refractivity contribution is 0.698. The summed E-state index contributed by atoms with van der Waals surface area (Å²) in [5, 5.41) is 14.5. The Bertz CT molecular complexity index is 2740. The van der Waals surface area contributed by atoms with Crippen molar-refractivity contribution in [3.05, 3.63) is 166 Å². The second kappa shape index (κ2) is 19.7. The number of aromatic nitrogens is 6. The molecule has 0 aliphatic carbocycles. The molecule has 0 fully saturated rings. The molecule has 0 spiro atoms. The fraction of sp³-hybridized carbons (Fsp3) is 0.130. The van der Waals surface area contributed by atoms with Crippen molar-refractivity contribution in [3.63, 3.8) is 0 Å². The van der Waals surface area contributed by atoms with Crippen molar-refractivity contribution < 1.29 is 0 Å². The van der Waals surface area contributed by atoms with E-state index in [1.54, 1.807) is 47.5 Å². The quantitative estimate of drug-likeness (QED) is 0.0706. The van der Waals surface area contributed by atoms with Gasteiger partial charge in [-0.2, -0.15) is 0 Å². The molecular formula is C46H42BrN11S2. The van der Waals surface area contributed by atoms with Gasteiger partial charge in [-0.3, -0.25) is 9.97 Å². The Kier molecular flexibility index (Phi) is 13.4. The van der Waals surface area contributed by atoms with E-state index in [2.05, 4.69) is 71.5 Å². The highest BCUT2D eigenvalue weighted by atomic mass is 79.9. The third kappa shape index (κ3) is 10.3. The van der Waals surface area contributed by atoms with Crippen LogP contribution in [0.1, 0.15) is 11.1 Å². The summed E-state index contributed by atoms with van der Waals surface area (Å²) in [6.45, 7) is 1.24. The van der Waals surface area contributed by atoms with Crippen LogP contribution < -0.4 is 27.4 Å². The van der Waals surface area contributed by atoms with Gasteiger partial charge in [0, 0.05) is 77.5 Å². The van der Waals surface area contributed by atoms with E-state index in [1.807, 2.05) is 96.4 Å². The molecule has 11 nitrogen and oxygen atoms in total. The number of nitrogens with one attached hydrogen (secondary N) is 3. The third-order valence-electron chi connectivity index (χ3n) is 9.46. The number of pyridine rings is 2. The second-order valence-electron chi connectivity index (χ2n) is 14.0. The van der Waals surface area contributed by atoms with E-state index >= 15 is 0 Å². The minimum Gasteiger partial charge on any atom is -0.367 e. The number of anilines is 4. The second-order valence-corrected chi connectivity index (χ2v) is 16.6. The fourth-order valence-corrected chi connectivity index (χ4v) is 8.94. The number of benzene rings is 3. The van der Waals surface area contributed by atoms with Crippen LogP contribution in [0.5, 0.6) is 0 Å². The molecule has 300 valence electrons. The molecule has 0 saturated heterocycles. The molecule has 7 N–H and O–H groups in total. The summed E-state index contributed by atoms with van der Waals surface area (Å²) in [5.41, 5.74) is 20.8. The van der Waals surface area contributed by atoms with E-state index in [4.69, 9.17) is 31.4 Å². The van der Waals surface area contributed by atoms with Crippen LogP contribution in [-0.2, 0) is 12.8 Å². The minimum absolute atomic E-state index is 0.00908. The van der Waals surface area contributed by atoms with Crippen molar-refractivity contribution in [2.24, 2.45) is 11.5 Å². The van der Waals surface area contributed by atoms with Gasteiger partial charge in [0.1, 0.15) is 22.7 Å². The van der Waals surface area contributed by atoms with Gasteiger partial charge in [-0.25, -0.2) is 19.9 Å². The summed E-state index contributed by atoms with van der Waals surface area (Å²) in [7, 11) is 0. The molecule has 60 heavy (non-hydrogen) atoms. The SMILES string of the molecule is N[C@H](CNc1nc(-c2ccncc2)nc2c(Br)csc12)Cc1ccccc1.N[C@H](CNc1nc(-c2ccncc2)nc2c(Nc3ccccc3)csc12)Cc1ccccc1. The van der Waals surface area contributed by atoms with Gasteiger partial charge in [0.25, 0.3) is 0 Å². The van der Waals surface area contributed by atoms with Crippen molar-refractivity contribution in [3.8, 4) is 22.8 Å². The van der Waals surface area contributed by atoms with Crippen molar-refractivity contribution >= 4 is 82.0 Å². The number of hydrogen-bond acceptors (Lipinski definition) is 13. The van der Waals surface area contributed by atoms with Crippen LogP contribution in [0, 0.1) is 0 Å². The molecule has 0 aliphatic rings. The molecular weight excluding hydrogens is 851 g/mol. The van der Waals surface area contributed by atoms with Crippen molar-refractivity contribution in [1.82, 2.24) is 29.9 Å². The van der Waals surface area contributed by atoms with Gasteiger partial charge in [-0.15, -0.1) is 22.7 Å². The number of rotatable bonds is 14. The number of nitrogens with two attached hydrogens (primary N) is 2. The van der Waals surface area contributed by atoms with E-state index in [0.29, 0.717) is 24.7 Å². The number of thiophene rings is 2. The number of para-hydroxylation sites is 1. The Morgan fingerprint density at radius 3 is 1.50 bits per heavy atom. The third-order valence-corrected chi connectivity index (χ3v) is 12.3. The zero-order valence-electron chi connectivity index (χ0n) is 32.4. The molecule has 0 bridgehead atoms. The average molecular weight is 893 g/mol. The van der Waals surface area contributed by atoms with E-state index in [0.717, 1.165) is 71.9 Å². The Morgan fingerprint density at radius 2 is 0.983 bits per heavy atom. The standard InChI is InChI=1S/C26H24N6S.C20H18BrN5S/c27-20(15-18-7-3-1-4-8-18)16-29-26-24-23(31-25(32-26)19-11-13-28-14-12-19)22(17-33-24)30-21-9-5-2-6-10-21;21-16-12-27-18-17(16)25-19(14-6-8-23-9-7-14)26-20(18)24-11-15(22)10-13-4-2-1-3-5-13/h1-14,17,20,30H,15-16,27H2,(H,29,31,32);1-9,12,15H,10-11,22H2,(H,24,25,26)/t20-;15-/m00/s1. The molecule has 0 unspecified atom stereocenters.